The molecule has 6 heteroatoms. The first-order valence-corrected chi connectivity index (χ1v) is 6.16. The first kappa shape index (κ1) is 15.4. The third kappa shape index (κ3) is 5.26. The zero-order chi connectivity index (χ0) is 14.4. The Morgan fingerprint density at radius 2 is 2.32 bits per heavy atom. The second kappa shape index (κ2) is 7.10. The van der Waals surface area contributed by atoms with E-state index in [9.17, 15) is 9.90 Å². The van der Waals surface area contributed by atoms with Crippen molar-refractivity contribution in [3.05, 3.63) is 28.8 Å². The van der Waals surface area contributed by atoms with Crippen LogP contribution >= 0.6 is 11.6 Å². The van der Waals surface area contributed by atoms with Crippen LogP contribution in [0.5, 0.6) is 0 Å². The Labute approximate surface area is 117 Å². The molecule has 1 aromatic carbocycles. The van der Waals surface area contributed by atoms with E-state index in [4.69, 9.17) is 16.9 Å². The number of nitrogens with one attached hydrogen (secondary N) is 1. The number of aliphatic hydroxyl groups excluding tert-OH is 1. The summed E-state index contributed by atoms with van der Waals surface area (Å²) in [6, 6.07) is 6.66. The summed E-state index contributed by atoms with van der Waals surface area (Å²) in [5, 5.41) is 20.9. The van der Waals surface area contributed by atoms with Gasteiger partial charge < -0.3 is 10.4 Å². The topological polar surface area (TPSA) is 76.4 Å². The molecule has 0 aliphatic heterocycles. The molecule has 0 spiro atoms. The molecule has 0 bridgehead atoms. The van der Waals surface area contributed by atoms with Crippen LogP contribution in [0.2, 0.25) is 5.02 Å². The number of benzene rings is 1. The van der Waals surface area contributed by atoms with E-state index in [0.717, 1.165) is 0 Å². The van der Waals surface area contributed by atoms with E-state index in [1.165, 1.54) is 6.07 Å². The van der Waals surface area contributed by atoms with Crippen molar-refractivity contribution in [2.24, 2.45) is 0 Å². The van der Waals surface area contributed by atoms with Gasteiger partial charge in [0.2, 0.25) is 5.91 Å². The molecule has 0 aliphatic rings. The Balaban J connectivity index is 2.58. The fourth-order valence-electron chi connectivity index (χ4n) is 1.64. The van der Waals surface area contributed by atoms with Gasteiger partial charge >= 0.3 is 0 Å². The van der Waals surface area contributed by atoms with Gasteiger partial charge in [-0.1, -0.05) is 11.6 Å². The van der Waals surface area contributed by atoms with Crippen LogP contribution in [0.3, 0.4) is 0 Å². The van der Waals surface area contributed by atoms with Gasteiger partial charge in [-0.15, -0.1) is 0 Å². The van der Waals surface area contributed by atoms with Crippen molar-refractivity contribution in [2.75, 3.05) is 25.5 Å². The van der Waals surface area contributed by atoms with E-state index in [0.29, 0.717) is 22.8 Å². The number of carbonyl (C=O) groups excluding carboxylic acids is 1. The average Bonchev–Trinajstić information content (AvgIpc) is 2.27. The minimum Gasteiger partial charge on any atom is -0.392 e. The summed E-state index contributed by atoms with van der Waals surface area (Å²) in [5.41, 5.74) is 0.908. The lowest BCUT2D eigenvalue weighted by Crippen LogP contribution is -2.34. The van der Waals surface area contributed by atoms with E-state index in [1.54, 1.807) is 31.0 Å². The molecule has 0 aromatic heterocycles. The smallest absolute Gasteiger partial charge is 0.238 e. The molecular formula is C13H16ClN3O2. The number of carbonyl (C=O) groups is 1. The van der Waals surface area contributed by atoms with Gasteiger partial charge in [-0.3, -0.25) is 9.69 Å². The van der Waals surface area contributed by atoms with Crippen molar-refractivity contribution >= 4 is 23.2 Å². The Bertz CT molecular complexity index is 497. The Morgan fingerprint density at radius 3 is 2.84 bits per heavy atom. The molecule has 0 saturated carbocycles. The van der Waals surface area contributed by atoms with Crippen LogP contribution in [0.4, 0.5) is 5.69 Å². The molecule has 1 aromatic rings. The summed E-state index contributed by atoms with van der Waals surface area (Å²) in [6.07, 6.45) is -0.484. The maximum absolute atomic E-state index is 11.7. The first-order chi connectivity index (χ1) is 8.92. The Morgan fingerprint density at radius 1 is 1.63 bits per heavy atom. The van der Waals surface area contributed by atoms with Gasteiger partial charge in [0.15, 0.2) is 0 Å². The number of likely N-dealkylation sites (N-methyl/N-ethyl adjacent to an activating group) is 1. The quantitative estimate of drug-likeness (QED) is 0.857. The van der Waals surface area contributed by atoms with Gasteiger partial charge in [-0.25, -0.2) is 0 Å². The number of amides is 1. The Hall–Kier alpha value is -1.61. The van der Waals surface area contributed by atoms with Gasteiger partial charge in [-0.2, -0.15) is 5.26 Å². The molecule has 5 nitrogen and oxygen atoms in total. The van der Waals surface area contributed by atoms with Crippen LogP contribution in [0, 0.1) is 11.3 Å². The molecule has 1 unspecified atom stereocenters. The van der Waals surface area contributed by atoms with E-state index in [2.05, 4.69) is 5.32 Å². The van der Waals surface area contributed by atoms with Crippen LogP contribution in [-0.2, 0) is 4.79 Å². The van der Waals surface area contributed by atoms with Crippen LogP contribution in [0.25, 0.3) is 0 Å². The molecule has 19 heavy (non-hydrogen) atoms. The monoisotopic (exact) mass is 281 g/mol. The second-order valence-electron chi connectivity index (χ2n) is 4.40. The molecule has 0 heterocycles. The summed E-state index contributed by atoms with van der Waals surface area (Å²) in [5.74, 6) is -0.205. The van der Waals surface area contributed by atoms with Gasteiger partial charge in [0.1, 0.15) is 6.07 Å². The highest BCUT2D eigenvalue weighted by atomic mass is 35.5. The summed E-state index contributed by atoms with van der Waals surface area (Å²) in [6.45, 7) is 2.25. The van der Waals surface area contributed by atoms with Gasteiger partial charge in [0.05, 0.1) is 23.2 Å². The van der Waals surface area contributed by atoms with Gasteiger partial charge in [0.25, 0.3) is 0 Å². The number of hydrogen-bond donors (Lipinski definition) is 2. The first-order valence-electron chi connectivity index (χ1n) is 5.78. The van der Waals surface area contributed by atoms with Crippen molar-refractivity contribution in [3.63, 3.8) is 0 Å². The van der Waals surface area contributed by atoms with E-state index in [1.807, 2.05) is 6.07 Å². The van der Waals surface area contributed by atoms with Crippen molar-refractivity contribution in [1.82, 2.24) is 4.90 Å². The number of anilines is 1. The normalized spacial score (nSPS) is 12.0. The SMILES string of the molecule is CC(O)CN(C)CC(=O)Nc1ccc(C#N)c(Cl)c1. The van der Waals surface area contributed by atoms with Crippen molar-refractivity contribution in [2.45, 2.75) is 13.0 Å². The van der Waals surface area contributed by atoms with Crippen LogP contribution in [0.15, 0.2) is 18.2 Å². The number of halogens is 1. The van der Waals surface area contributed by atoms with E-state index >= 15 is 0 Å². The summed E-state index contributed by atoms with van der Waals surface area (Å²) < 4.78 is 0. The molecule has 0 radical (unpaired) electrons. The summed E-state index contributed by atoms with van der Waals surface area (Å²) >= 11 is 5.87. The molecule has 0 fully saturated rings. The zero-order valence-corrected chi connectivity index (χ0v) is 11.6. The number of nitriles is 1. The highest BCUT2D eigenvalue weighted by Gasteiger charge is 2.09. The fraction of sp³-hybridized carbons (Fsp3) is 0.385. The molecule has 2 N–H and O–H groups in total. The zero-order valence-electron chi connectivity index (χ0n) is 10.9. The maximum atomic E-state index is 11.7. The van der Waals surface area contributed by atoms with Gasteiger partial charge in [-0.05, 0) is 32.2 Å². The maximum Gasteiger partial charge on any atom is 0.238 e. The molecule has 0 aliphatic carbocycles. The molecule has 0 saturated heterocycles. The highest BCUT2D eigenvalue weighted by molar-refractivity contribution is 6.32. The largest absolute Gasteiger partial charge is 0.392 e. The van der Waals surface area contributed by atoms with Crippen molar-refractivity contribution < 1.29 is 9.90 Å². The number of aliphatic hydroxyl groups is 1. The fourth-order valence-corrected chi connectivity index (χ4v) is 1.87. The third-order valence-electron chi connectivity index (χ3n) is 2.36. The van der Waals surface area contributed by atoms with Crippen LogP contribution in [0.1, 0.15) is 12.5 Å². The molecule has 1 amide bonds. The van der Waals surface area contributed by atoms with E-state index in [-0.39, 0.29) is 12.5 Å². The predicted octanol–water partition coefficient (Wildman–Crippen LogP) is 1.46. The number of hydrogen-bond acceptors (Lipinski definition) is 4. The molecule has 102 valence electrons. The third-order valence-corrected chi connectivity index (χ3v) is 2.68. The lowest BCUT2D eigenvalue weighted by atomic mass is 10.2. The highest BCUT2D eigenvalue weighted by Crippen LogP contribution is 2.20. The average molecular weight is 282 g/mol. The molecular weight excluding hydrogens is 266 g/mol. The van der Waals surface area contributed by atoms with Crippen molar-refractivity contribution in [3.8, 4) is 6.07 Å². The van der Waals surface area contributed by atoms with E-state index < -0.39 is 6.10 Å². The minimum atomic E-state index is -0.484. The summed E-state index contributed by atoms with van der Waals surface area (Å²) in [7, 11) is 1.75. The molecule has 1 rings (SSSR count). The van der Waals surface area contributed by atoms with Gasteiger partial charge in [0, 0.05) is 12.2 Å². The lowest BCUT2D eigenvalue weighted by Gasteiger charge is -2.17. The Kier molecular flexibility index (Phi) is 5.77. The minimum absolute atomic E-state index is 0.169. The van der Waals surface area contributed by atoms with Crippen molar-refractivity contribution in [1.29, 1.82) is 5.26 Å². The summed E-state index contributed by atoms with van der Waals surface area (Å²) in [4.78, 5) is 13.4. The lowest BCUT2D eigenvalue weighted by molar-refractivity contribution is -0.117. The standard InChI is InChI=1S/C13H16ClN3O2/c1-9(18)7-17(2)8-13(19)16-11-4-3-10(6-15)12(14)5-11/h3-5,9,18H,7-8H2,1-2H3,(H,16,19). The predicted molar refractivity (Wildman–Crippen MR) is 74.0 cm³/mol. The molecule has 1 atom stereocenters. The number of rotatable bonds is 5. The van der Waals surface area contributed by atoms with Crippen LogP contribution < -0.4 is 5.32 Å². The van der Waals surface area contributed by atoms with Crippen LogP contribution in [-0.4, -0.2) is 42.2 Å². The second-order valence-corrected chi connectivity index (χ2v) is 4.81. The number of nitrogens with zero attached hydrogens (tertiary/aromatic N) is 2.